The van der Waals surface area contributed by atoms with Gasteiger partial charge >= 0.3 is 6.16 Å². The first kappa shape index (κ1) is 29.6. The van der Waals surface area contributed by atoms with Gasteiger partial charge in [-0.2, -0.15) is 0 Å². The Morgan fingerprint density at radius 2 is 1.36 bits per heavy atom. The highest BCUT2D eigenvalue weighted by molar-refractivity contribution is 5.68. The lowest BCUT2D eigenvalue weighted by Gasteiger charge is -2.29. The Morgan fingerprint density at radius 3 is 1.92 bits per heavy atom. The largest absolute Gasteiger partial charge is 0.514 e. The maximum absolute atomic E-state index is 15.2. The predicted molar refractivity (Wildman–Crippen MR) is 158 cm³/mol. The SMILES string of the molecule is CCCCC[C@H]1CC[C@H](OC(=O)Oc2ccc(-c3ccc([C@H]4CC[C@H](CCCCC)CC4)cc3F)cc2)CC1. The number of ether oxygens (including phenoxy) is 2. The molecule has 0 amide bonds. The van der Waals surface area contributed by atoms with E-state index in [1.54, 1.807) is 18.2 Å². The Morgan fingerprint density at radius 1 is 0.769 bits per heavy atom. The Labute approximate surface area is 235 Å². The van der Waals surface area contributed by atoms with Crippen LogP contribution in [0.5, 0.6) is 5.75 Å². The summed E-state index contributed by atoms with van der Waals surface area (Å²) < 4.78 is 26.2. The highest BCUT2D eigenvalue weighted by atomic mass is 19.1. The molecule has 0 saturated heterocycles. The number of carbonyl (C=O) groups is 1. The van der Waals surface area contributed by atoms with Crippen molar-refractivity contribution in [2.45, 2.75) is 129 Å². The van der Waals surface area contributed by atoms with Crippen molar-refractivity contribution in [3.05, 3.63) is 53.8 Å². The van der Waals surface area contributed by atoms with Crippen LogP contribution in [0.25, 0.3) is 11.1 Å². The fraction of sp³-hybridized carbons (Fsp3) is 0.629. The molecule has 0 bridgehead atoms. The molecule has 0 N–H and O–H groups in total. The molecule has 2 fully saturated rings. The van der Waals surface area contributed by atoms with Crippen LogP contribution in [0.1, 0.15) is 128 Å². The molecular formula is C35H49FO3. The van der Waals surface area contributed by atoms with Crippen LogP contribution in [0.15, 0.2) is 42.5 Å². The van der Waals surface area contributed by atoms with Crippen LogP contribution in [0.4, 0.5) is 9.18 Å². The Balaban J connectivity index is 1.23. The van der Waals surface area contributed by atoms with Gasteiger partial charge in [0.05, 0.1) is 0 Å². The molecule has 39 heavy (non-hydrogen) atoms. The van der Waals surface area contributed by atoms with E-state index in [-0.39, 0.29) is 11.9 Å². The van der Waals surface area contributed by atoms with Crippen molar-refractivity contribution in [2.75, 3.05) is 0 Å². The second-order valence-corrected chi connectivity index (χ2v) is 12.1. The van der Waals surface area contributed by atoms with Gasteiger partial charge in [-0.25, -0.2) is 9.18 Å². The number of hydrogen-bond acceptors (Lipinski definition) is 3. The van der Waals surface area contributed by atoms with Crippen molar-refractivity contribution in [1.29, 1.82) is 0 Å². The molecule has 3 nitrogen and oxygen atoms in total. The van der Waals surface area contributed by atoms with E-state index in [0.29, 0.717) is 17.2 Å². The lowest BCUT2D eigenvalue weighted by molar-refractivity contribution is 0.0329. The van der Waals surface area contributed by atoms with Gasteiger partial charge in [-0.3, -0.25) is 0 Å². The fourth-order valence-corrected chi connectivity index (χ4v) is 6.67. The zero-order valence-electron chi connectivity index (χ0n) is 24.3. The lowest BCUT2D eigenvalue weighted by Crippen LogP contribution is -2.26. The van der Waals surface area contributed by atoms with Crippen LogP contribution in [0.3, 0.4) is 0 Å². The molecule has 2 aromatic rings. The van der Waals surface area contributed by atoms with Gasteiger partial charge in [0, 0.05) is 5.56 Å². The number of hydrogen-bond donors (Lipinski definition) is 0. The van der Waals surface area contributed by atoms with E-state index in [9.17, 15) is 4.79 Å². The molecule has 0 spiro atoms. The molecule has 0 aliphatic heterocycles. The van der Waals surface area contributed by atoms with Crippen LogP contribution >= 0.6 is 0 Å². The molecule has 2 aliphatic rings. The lowest BCUT2D eigenvalue weighted by atomic mass is 9.77. The number of carbonyl (C=O) groups excluding carboxylic acids is 1. The molecule has 0 radical (unpaired) electrons. The minimum Gasteiger partial charge on any atom is -0.431 e. The average Bonchev–Trinajstić information content (AvgIpc) is 2.95. The molecule has 0 aromatic heterocycles. The quantitative estimate of drug-likeness (QED) is 0.154. The molecule has 4 heteroatoms. The van der Waals surface area contributed by atoms with E-state index in [4.69, 9.17) is 9.47 Å². The molecule has 2 aromatic carbocycles. The van der Waals surface area contributed by atoms with E-state index in [0.717, 1.165) is 61.5 Å². The summed E-state index contributed by atoms with van der Waals surface area (Å²) in [5.41, 5.74) is 2.48. The number of halogens is 1. The van der Waals surface area contributed by atoms with Crippen LogP contribution in [0.2, 0.25) is 0 Å². The summed E-state index contributed by atoms with van der Waals surface area (Å²) in [5.74, 6) is 2.32. The molecule has 0 unspecified atom stereocenters. The standard InChI is InChI=1S/C35H49FO3/c1-3-5-7-9-26-11-15-28(16-12-26)30-19-24-33(34(36)25-30)29-17-22-32(23-18-29)39-35(37)38-31-20-13-27(14-21-31)10-8-6-4-2/h17-19,22-28,31H,3-16,20-21H2,1-2H3/t26-,27-,28-,31-. The van der Waals surface area contributed by atoms with Gasteiger partial charge in [-0.05, 0) is 98.4 Å². The summed E-state index contributed by atoms with van der Waals surface area (Å²) in [4.78, 5) is 12.4. The summed E-state index contributed by atoms with van der Waals surface area (Å²) in [6.07, 6.45) is 18.7. The highest BCUT2D eigenvalue weighted by Gasteiger charge is 2.25. The number of rotatable bonds is 12. The van der Waals surface area contributed by atoms with Gasteiger partial charge in [0.25, 0.3) is 0 Å². The first-order chi connectivity index (χ1) is 19.1. The summed E-state index contributed by atoms with van der Waals surface area (Å²) in [7, 11) is 0. The molecule has 2 aliphatic carbocycles. The van der Waals surface area contributed by atoms with E-state index >= 15 is 4.39 Å². The minimum absolute atomic E-state index is 0.0529. The third-order valence-electron chi connectivity index (χ3n) is 9.17. The van der Waals surface area contributed by atoms with Crippen molar-refractivity contribution in [1.82, 2.24) is 0 Å². The zero-order valence-corrected chi connectivity index (χ0v) is 24.3. The highest BCUT2D eigenvalue weighted by Crippen LogP contribution is 2.39. The monoisotopic (exact) mass is 536 g/mol. The minimum atomic E-state index is -0.646. The topological polar surface area (TPSA) is 35.5 Å². The van der Waals surface area contributed by atoms with Gasteiger partial charge in [-0.1, -0.05) is 89.5 Å². The molecule has 4 rings (SSSR count). The van der Waals surface area contributed by atoms with Crippen LogP contribution in [-0.4, -0.2) is 12.3 Å². The second kappa shape index (κ2) is 15.4. The average molecular weight is 537 g/mol. The van der Waals surface area contributed by atoms with Crippen LogP contribution < -0.4 is 4.74 Å². The molecule has 0 heterocycles. The smallest absolute Gasteiger partial charge is 0.431 e. The van der Waals surface area contributed by atoms with E-state index in [1.807, 2.05) is 18.2 Å². The normalized spacial score (nSPS) is 23.4. The third kappa shape index (κ3) is 9.08. The van der Waals surface area contributed by atoms with Gasteiger partial charge in [0.1, 0.15) is 17.7 Å². The van der Waals surface area contributed by atoms with E-state index < -0.39 is 6.16 Å². The van der Waals surface area contributed by atoms with Crippen molar-refractivity contribution in [2.24, 2.45) is 11.8 Å². The van der Waals surface area contributed by atoms with E-state index in [1.165, 1.54) is 64.2 Å². The van der Waals surface area contributed by atoms with Gasteiger partial charge in [0.15, 0.2) is 0 Å². The maximum Gasteiger partial charge on any atom is 0.514 e. The Bertz CT molecular complexity index is 1000. The second-order valence-electron chi connectivity index (χ2n) is 12.1. The summed E-state index contributed by atoms with van der Waals surface area (Å²) >= 11 is 0. The molecule has 2 saturated carbocycles. The van der Waals surface area contributed by atoms with Crippen LogP contribution in [-0.2, 0) is 4.74 Å². The predicted octanol–water partition coefficient (Wildman–Crippen LogP) is 11.0. The maximum atomic E-state index is 15.2. The van der Waals surface area contributed by atoms with Gasteiger partial charge in [0.2, 0.25) is 0 Å². The third-order valence-corrected chi connectivity index (χ3v) is 9.17. The van der Waals surface area contributed by atoms with Gasteiger partial charge < -0.3 is 9.47 Å². The van der Waals surface area contributed by atoms with E-state index in [2.05, 4.69) is 19.9 Å². The first-order valence-electron chi connectivity index (χ1n) is 15.8. The van der Waals surface area contributed by atoms with Gasteiger partial charge in [-0.15, -0.1) is 0 Å². The Hall–Kier alpha value is -2.36. The Kier molecular flexibility index (Phi) is 11.7. The van der Waals surface area contributed by atoms with Crippen molar-refractivity contribution >= 4 is 6.16 Å². The summed E-state index contributed by atoms with van der Waals surface area (Å²) in [6.45, 7) is 4.50. The number of benzene rings is 2. The first-order valence-corrected chi connectivity index (χ1v) is 15.8. The summed E-state index contributed by atoms with van der Waals surface area (Å²) in [5, 5.41) is 0. The molecule has 214 valence electrons. The molecule has 0 atom stereocenters. The van der Waals surface area contributed by atoms with Crippen LogP contribution in [0, 0.1) is 17.7 Å². The van der Waals surface area contributed by atoms with Crippen molar-refractivity contribution in [3.63, 3.8) is 0 Å². The van der Waals surface area contributed by atoms with Crippen molar-refractivity contribution in [3.8, 4) is 16.9 Å². The fourth-order valence-electron chi connectivity index (χ4n) is 6.67. The zero-order chi connectivity index (χ0) is 27.5. The van der Waals surface area contributed by atoms with Crippen molar-refractivity contribution < 1.29 is 18.7 Å². The summed E-state index contributed by atoms with van der Waals surface area (Å²) in [6, 6.07) is 12.8. The number of unbranched alkanes of at least 4 members (excludes halogenated alkanes) is 4. The molecular weight excluding hydrogens is 487 g/mol.